The average Bonchev–Trinajstić information content (AvgIpc) is 3.51. The summed E-state index contributed by atoms with van der Waals surface area (Å²) < 4.78 is 7.64. The van der Waals surface area contributed by atoms with Crippen LogP contribution in [0.25, 0.3) is 22.5 Å². The largest absolute Gasteiger partial charge is 0.496 e. The second-order valence-corrected chi connectivity index (χ2v) is 7.21. The molecule has 1 amide bonds. The number of fused-ring (bicyclic) bond motifs is 1. The molecular formula is C23H21N5O2. The molecule has 7 heteroatoms. The Morgan fingerprint density at radius 1 is 1.17 bits per heavy atom. The van der Waals surface area contributed by atoms with E-state index in [2.05, 4.69) is 25.1 Å². The van der Waals surface area contributed by atoms with Gasteiger partial charge < -0.3 is 14.6 Å². The van der Waals surface area contributed by atoms with E-state index in [1.807, 2.05) is 54.7 Å². The Morgan fingerprint density at radius 3 is 2.83 bits per heavy atom. The number of anilines is 1. The molecule has 0 spiro atoms. The molecule has 0 aliphatic carbocycles. The Hall–Kier alpha value is -3.87. The van der Waals surface area contributed by atoms with Crippen molar-refractivity contribution in [1.82, 2.24) is 19.7 Å². The first-order valence-electron chi connectivity index (χ1n) is 9.88. The highest BCUT2D eigenvalue weighted by molar-refractivity contribution is 6.03. The lowest BCUT2D eigenvalue weighted by atomic mass is 10.1. The SMILES string of the molecule is COc1ccccc1-c1cc(C(=O)Nc2ccc(-c3cnc4n3CCC4)cc2)[nH]n1. The molecule has 3 heterocycles. The summed E-state index contributed by atoms with van der Waals surface area (Å²) in [5.41, 5.74) is 4.80. The van der Waals surface area contributed by atoms with Gasteiger partial charge in [0, 0.05) is 24.2 Å². The van der Waals surface area contributed by atoms with Crippen LogP contribution in [0.3, 0.4) is 0 Å². The molecule has 0 fully saturated rings. The summed E-state index contributed by atoms with van der Waals surface area (Å²) in [5.74, 6) is 1.60. The Labute approximate surface area is 173 Å². The molecule has 1 aliphatic rings. The molecule has 5 rings (SSSR count). The number of H-pyrrole nitrogens is 1. The predicted octanol–water partition coefficient (Wildman–Crippen LogP) is 4.15. The first-order valence-corrected chi connectivity index (χ1v) is 9.88. The van der Waals surface area contributed by atoms with Crippen LogP contribution in [-0.2, 0) is 13.0 Å². The number of aromatic amines is 1. The lowest BCUT2D eigenvalue weighted by molar-refractivity contribution is 0.102. The summed E-state index contributed by atoms with van der Waals surface area (Å²) in [7, 11) is 1.61. The van der Waals surface area contributed by atoms with Gasteiger partial charge in [-0.1, -0.05) is 24.3 Å². The highest BCUT2D eigenvalue weighted by Crippen LogP contribution is 2.29. The van der Waals surface area contributed by atoms with Crippen molar-refractivity contribution < 1.29 is 9.53 Å². The third-order valence-corrected chi connectivity index (χ3v) is 5.36. The van der Waals surface area contributed by atoms with Crippen molar-refractivity contribution in [2.45, 2.75) is 19.4 Å². The van der Waals surface area contributed by atoms with Gasteiger partial charge in [-0.2, -0.15) is 5.10 Å². The number of benzene rings is 2. The zero-order valence-corrected chi connectivity index (χ0v) is 16.6. The van der Waals surface area contributed by atoms with E-state index in [1.54, 1.807) is 13.2 Å². The standard InChI is InChI=1S/C23H21N5O2/c1-30-21-6-3-2-5-17(21)18-13-19(27-26-18)23(29)25-16-10-8-15(9-11-16)20-14-24-22-7-4-12-28(20)22/h2-3,5-6,8-11,13-14H,4,7,12H2,1H3,(H,25,29)(H,26,27). The van der Waals surface area contributed by atoms with Gasteiger partial charge in [0.25, 0.3) is 5.91 Å². The number of aryl methyl sites for hydroxylation is 1. The first-order chi connectivity index (χ1) is 14.7. The number of carbonyl (C=O) groups excluding carboxylic acids is 1. The molecule has 0 saturated carbocycles. The zero-order chi connectivity index (χ0) is 20.5. The maximum atomic E-state index is 12.7. The average molecular weight is 399 g/mol. The van der Waals surface area contributed by atoms with E-state index in [0.29, 0.717) is 17.1 Å². The van der Waals surface area contributed by atoms with Gasteiger partial charge in [0.1, 0.15) is 17.3 Å². The van der Waals surface area contributed by atoms with Crippen LogP contribution in [-0.4, -0.2) is 32.8 Å². The van der Waals surface area contributed by atoms with Crippen molar-refractivity contribution in [2.24, 2.45) is 0 Å². The van der Waals surface area contributed by atoms with E-state index in [1.165, 1.54) is 0 Å². The molecule has 0 radical (unpaired) electrons. The van der Waals surface area contributed by atoms with Gasteiger partial charge >= 0.3 is 0 Å². The number of methoxy groups -OCH3 is 1. The van der Waals surface area contributed by atoms with Crippen molar-refractivity contribution in [1.29, 1.82) is 0 Å². The fraction of sp³-hybridized carbons (Fsp3) is 0.174. The number of aromatic nitrogens is 4. The normalized spacial score (nSPS) is 12.6. The van der Waals surface area contributed by atoms with Gasteiger partial charge in [0.15, 0.2) is 0 Å². The molecule has 1 aliphatic heterocycles. The second-order valence-electron chi connectivity index (χ2n) is 7.21. The Balaban J connectivity index is 1.32. The number of nitrogens with zero attached hydrogens (tertiary/aromatic N) is 3. The van der Waals surface area contributed by atoms with Crippen LogP contribution in [0.15, 0.2) is 60.8 Å². The topological polar surface area (TPSA) is 84.8 Å². The van der Waals surface area contributed by atoms with Crippen LogP contribution in [0.4, 0.5) is 5.69 Å². The zero-order valence-electron chi connectivity index (χ0n) is 16.6. The van der Waals surface area contributed by atoms with Crippen LogP contribution in [0.5, 0.6) is 5.75 Å². The third-order valence-electron chi connectivity index (χ3n) is 5.36. The number of para-hydroxylation sites is 1. The minimum absolute atomic E-state index is 0.248. The Kier molecular flexibility index (Phi) is 4.55. The van der Waals surface area contributed by atoms with E-state index in [0.717, 1.165) is 47.7 Å². The molecule has 2 aromatic heterocycles. The lowest BCUT2D eigenvalue weighted by Gasteiger charge is -2.07. The van der Waals surface area contributed by atoms with Gasteiger partial charge in [-0.15, -0.1) is 0 Å². The number of ether oxygens (including phenoxy) is 1. The van der Waals surface area contributed by atoms with E-state index in [-0.39, 0.29) is 5.91 Å². The third kappa shape index (κ3) is 3.24. The van der Waals surface area contributed by atoms with E-state index < -0.39 is 0 Å². The molecule has 0 unspecified atom stereocenters. The van der Waals surface area contributed by atoms with Gasteiger partial charge in [-0.05, 0) is 42.3 Å². The van der Waals surface area contributed by atoms with Crippen molar-refractivity contribution in [3.63, 3.8) is 0 Å². The van der Waals surface area contributed by atoms with Crippen LogP contribution in [0.2, 0.25) is 0 Å². The highest BCUT2D eigenvalue weighted by Gasteiger charge is 2.17. The Morgan fingerprint density at radius 2 is 2.00 bits per heavy atom. The molecule has 150 valence electrons. The smallest absolute Gasteiger partial charge is 0.273 e. The number of hydrogen-bond donors (Lipinski definition) is 2. The number of nitrogens with one attached hydrogen (secondary N) is 2. The summed E-state index contributed by atoms with van der Waals surface area (Å²) in [6.45, 7) is 1.01. The van der Waals surface area contributed by atoms with Crippen molar-refractivity contribution in [3.8, 4) is 28.3 Å². The molecule has 0 saturated heterocycles. The number of rotatable bonds is 5. The summed E-state index contributed by atoms with van der Waals surface area (Å²) in [5, 5.41) is 9.98. The first kappa shape index (κ1) is 18.2. The minimum Gasteiger partial charge on any atom is -0.496 e. The van der Waals surface area contributed by atoms with Crippen LogP contribution >= 0.6 is 0 Å². The van der Waals surface area contributed by atoms with E-state index in [9.17, 15) is 4.79 Å². The second kappa shape index (κ2) is 7.51. The molecular weight excluding hydrogens is 378 g/mol. The molecule has 4 aromatic rings. The number of imidazole rings is 1. The highest BCUT2D eigenvalue weighted by atomic mass is 16.5. The number of hydrogen-bond acceptors (Lipinski definition) is 4. The van der Waals surface area contributed by atoms with Crippen LogP contribution in [0, 0.1) is 0 Å². The van der Waals surface area contributed by atoms with Crippen molar-refractivity contribution in [2.75, 3.05) is 12.4 Å². The van der Waals surface area contributed by atoms with Crippen LogP contribution < -0.4 is 10.1 Å². The van der Waals surface area contributed by atoms with Gasteiger partial charge in [0.2, 0.25) is 0 Å². The summed E-state index contributed by atoms with van der Waals surface area (Å²) in [6.07, 6.45) is 4.10. The predicted molar refractivity (Wildman–Crippen MR) is 115 cm³/mol. The molecule has 0 bridgehead atoms. The number of carbonyl (C=O) groups is 1. The summed E-state index contributed by atoms with van der Waals surface area (Å²) in [6, 6.07) is 17.1. The molecule has 30 heavy (non-hydrogen) atoms. The molecule has 2 N–H and O–H groups in total. The number of amides is 1. The minimum atomic E-state index is -0.248. The summed E-state index contributed by atoms with van der Waals surface area (Å²) >= 11 is 0. The fourth-order valence-corrected chi connectivity index (χ4v) is 3.84. The van der Waals surface area contributed by atoms with E-state index >= 15 is 0 Å². The van der Waals surface area contributed by atoms with Crippen molar-refractivity contribution >= 4 is 11.6 Å². The maximum absolute atomic E-state index is 12.7. The molecule has 0 atom stereocenters. The monoisotopic (exact) mass is 399 g/mol. The molecule has 2 aromatic carbocycles. The lowest BCUT2D eigenvalue weighted by Crippen LogP contribution is -2.12. The fourth-order valence-electron chi connectivity index (χ4n) is 3.84. The van der Waals surface area contributed by atoms with Gasteiger partial charge in [-0.3, -0.25) is 9.89 Å². The van der Waals surface area contributed by atoms with Gasteiger partial charge in [0.05, 0.1) is 24.7 Å². The quantitative estimate of drug-likeness (QED) is 0.528. The summed E-state index contributed by atoms with van der Waals surface area (Å²) in [4.78, 5) is 17.1. The van der Waals surface area contributed by atoms with Gasteiger partial charge in [-0.25, -0.2) is 4.98 Å². The Bertz CT molecular complexity index is 1210. The van der Waals surface area contributed by atoms with Crippen molar-refractivity contribution in [3.05, 3.63) is 72.3 Å². The van der Waals surface area contributed by atoms with E-state index in [4.69, 9.17) is 4.74 Å². The molecule has 7 nitrogen and oxygen atoms in total. The van der Waals surface area contributed by atoms with Crippen LogP contribution in [0.1, 0.15) is 22.7 Å². The maximum Gasteiger partial charge on any atom is 0.273 e.